The van der Waals surface area contributed by atoms with Crippen LogP contribution in [0.1, 0.15) is 5.56 Å². The Balaban J connectivity index is 1.76. The second-order valence-electron chi connectivity index (χ2n) is 7.15. The van der Waals surface area contributed by atoms with Gasteiger partial charge in [0.25, 0.3) is 10.0 Å². The summed E-state index contributed by atoms with van der Waals surface area (Å²) in [5, 5.41) is 3.01. The van der Waals surface area contributed by atoms with E-state index in [-0.39, 0.29) is 29.5 Å². The van der Waals surface area contributed by atoms with Crippen LogP contribution in [0.2, 0.25) is 5.02 Å². The zero-order valence-electron chi connectivity index (χ0n) is 18.3. The predicted molar refractivity (Wildman–Crippen MR) is 129 cm³/mol. The predicted octanol–water partition coefficient (Wildman–Crippen LogP) is 4.05. The van der Waals surface area contributed by atoms with Crippen LogP contribution in [0.15, 0.2) is 77.7 Å². The number of sulfonamides is 1. The van der Waals surface area contributed by atoms with E-state index in [1.54, 1.807) is 30.3 Å². The van der Waals surface area contributed by atoms with Gasteiger partial charge >= 0.3 is 0 Å². The first kappa shape index (κ1) is 24.4. The maximum Gasteiger partial charge on any atom is 0.264 e. The van der Waals surface area contributed by atoms with E-state index in [0.717, 1.165) is 9.87 Å². The SMILES string of the molecule is COc1ccc(Cl)cc1N(CC(=O)NCCOc1ccc(C)cc1)S(=O)(=O)c1ccccc1. The van der Waals surface area contributed by atoms with Crippen molar-refractivity contribution in [2.45, 2.75) is 11.8 Å². The molecule has 1 amide bonds. The molecule has 33 heavy (non-hydrogen) atoms. The minimum atomic E-state index is -4.07. The van der Waals surface area contributed by atoms with Crippen molar-refractivity contribution in [3.05, 3.63) is 83.4 Å². The number of halogens is 1. The van der Waals surface area contributed by atoms with E-state index in [0.29, 0.717) is 10.8 Å². The fraction of sp³-hybridized carbons (Fsp3) is 0.208. The van der Waals surface area contributed by atoms with E-state index < -0.39 is 22.5 Å². The number of hydrogen-bond acceptors (Lipinski definition) is 5. The van der Waals surface area contributed by atoms with Crippen LogP contribution in [-0.4, -0.2) is 41.1 Å². The highest BCUT2D eigenvalue weighted by Crippen LogP contribution is 2.34. The topological polar surface area (TPSA) is 84.9 Å². The molecule has 0 saturated heterocycles. The van der Waals surface area contributed by atoms with E-state index in [2.05, 4.69) is 5.32 Å². The molecule has 9 heteroatoms. The molecule has 7 nitrogen and oxygen atoms in total. The third-order valence-electron chi connectivity index (χ3n) is 4.74. The van der Waals surface area contributed by atoms with Crippen molar-refractivity contribution in [1.82, 2.24) is 5.32 Å². The van der Waals surface area contributed by atoms with Gasteiger partial charge in [-0.3, -0.25) is 9.10 Å². The van der Waals surface area contributed by atoms with Crippen LogP contribution in [0.25, 0.3) is 0 Å². The molecule has 3 rings (SSSR count). The van der Waals surface area contributed by atoms with Gasteiger partial charge in [0.1, 0.15) is 24.7 Å². The van der Waals surface area contributed by atoms with Crippen molar-refractivity contribution in [3.8, 4) is 11.5 Å². The maximum atomic E-state index is 13.4. The normalized spacial score (nSPS) is 11.0. The number of benzene rings is 3. The van der Waals surface area contributed by atoms with Gasteiger partial charge in [-0.05, 0) is 49.4 Å². The van der Waals surface area contributed by atoms with Gasteiger partial charge in [0.15, 0.2) is 0 Å². The van der Waals surface area contributed by atoms with Gasteiger partial charge in [-0.1, -0.05) is 47.5 Å². The molecule has 3 aromatic carbocycles. The van der Waals surface area contributed by atoms with Crippen LogP contribution in [-0.2, 0) is 14.8 Å². The van der Waals surface area contributed by atoms with Crippen LogP contribution < -0.4 is 19.1 Å². The van der Waals surface area contributed by atoms with E-state index in [1.165, 1.54) is 25.3 Å². The van der Waals surface area contributed by atoms with Crippen LogP contribution >= 0.6 is 11.6 Å². The Hall–Kier alpha value is -3.23. The molecule has 0 spiro atoms. The van der Waals surface area contributed by atoms with Crippen molar-refractivity contribution in [3.63, 3.8) is 0 Å². The molecular formula is C24H25ClN2O5S. The molecule has 174 valence electrons. The molecule has 0 bridgehead atoms. The second kappa shape index (κ2) is 11.1. The van der Waals surface area contributed by atoms with Crippen LogP contribution in [0.4, 0.5) is 5.69 Å². The summed E-state index contributed by atoms with van der Waals surface area (Å²) in [5.41, 5.74) is 1.28. The highest BCUT2D eigenvalue weighted by molar-refractivity contribution is 7.92. The van der Waals surface area contributed by atoms with Gasteiger partial charge in [0.05, 0.1) is 24.2 Å². The molecule has 0 atom stereocenters. The summed E-state index contributed by atoms with van der Waals surface area (Å²) < 4.78 is 38.8. The van der Waals surface area contributed by atoms with Gasteiger partial charge in [-0.25, -0.2) is 8.42 Å². The van der Waals surface area contributed by atoms with Gasteiger partial charge in [-0.2, -0.15) is 0 Å². The Morgan fingerprint density at radius 2 is 1.73 bits per heavy atom. The van der Waals surface area contributed by atoms with E-state index in [9.17, 15) is 13.2 Å². The number of methoxy groups -OCH3 is 1. The number of aryl methyl sites for hydroxylation is 1. The zero-order chi connectivity index (χ0) is 23.8. The average Bonchev–Trinajstić information content (AvgIpc) is 2.82. The minimum absolute atomic E-state index is 0.0440. The maximum absolute atomic E-state index is 13.4. The molecule has 0 aliphatic carbocycles. The fourth-order valence-corrected chi connectivity index (χ4v) is 4.67. The first-order chi connectivity index (χ1) is 15.8. The lowest BCUT2D eigenvalue weighted by Crippen LogP contribution is -2.42. The van der Waals surface area contributed by atoms with Gasteiger partial charge in [-0.15, -0.1) is 0 Å². The summed E-state index contributed by atoms with van der Waals surface area (Å²) in [6.07, 6.45) is 0. The number of ether oxygens (including phenoxy) is 2. The number of hydrogen-bond donors (Lipinski definition) is 1. The molecule has 0 radical (unpaired) electrons. The van der Waals surface area contributed by atoms with Gasteiger partial charge < -0.3 is 14.8 Å². The molecule has 0 fully saturated rings. The molecule has 0 unspecified atom stereocenters. The zero-order valence-corrected chi connectivity index (χ0v) is 19.9. The summed E-state index contributed by atoms with van der Waals surface area (Å²) in [4.78, 5) is 12.7. The number of amides is 1. The molecule has 0 heterocycles. The lowest BCUT2D eigenvalue weighted by molar-refractivity contribution is -0.119. The van der Waals surface area contributed by atoms with Crippen molar-refractivity contribution in [1.29, 1.82) is 0 Å². The lowest BCUT2D eigenvalue weighted by atomic mass is 10.2. The highest BCUT2D eigenvalue weighted by atomic mass is 35.5. The molecule has 3 aromatic rings. The summed E-state index contributed by atoms with van der Waals surface area (Å²) in [7, 11) is -2.65. The quantitative estimate of drug-likeness (QED) is 0.435. The summed E-state index contributed by atoms with van der Waals surface area (Å²) in [5.74, 6) is 0.463. The molecule has 0 aliphatic rings. The molecule has 0 aliphatic heterocycles. The van der Waals surface area contributed by atoms with Crippen molar-refractivity contribution < 1.29 is 22.7 Å². The van der Waals surface area contributed by atoms with Crippen molar-refractivity contribution in [2.24, 2.45) is 0 Å². The Morgan fingerprint density at radius 3 is 2.39 bits per heavy atom. The van der Waals surface area contributed by atoms with Crippen LogP contribution in [0, 0.1) is 6.92 Å². The van der Waals surface area contributed by atoms with Crippen molar-refractivity contribution in [2.75, 3.05) is 31.1 Å². The third-order valence-corrected chi connectivity index (χ3v) is 6.75. The number of carbonyl (C=O) groups is 1. The molecule has 0 aromatic heterocycles. The Labute approximate surface area is 198 Å². The Morgan fingerprint density at radius 1 is 1.03 bits per heavy atom. The van der Waals surface area contributed by atoms with Gasteiger partial charge in [0, 0.05) is 5.02 Å². The summed E-state index contributed by atoms with van der Waals surface area (Å²) in [6, 6.07) is 20.0. The van der Waals surface area contributed by atoms with E-state index >= 15 is 0 Å². The average molecular weight is 489 g/mol. The highest BCUT2D eigenvalue weighted by Gasteiger charge is 2.29. The third kappa shape index (κ3) is 6.40. The van der Waals surface area contributed by atoms with E-state index in [4.69, 9.17) is 21.1 Å². The number of anilines is 1. The number of rotatable bonds is 10. The molecule has 1 N–H and O–H groups in total. The first-order valence-electron chi connectivity index (χ1n) is 10.2. The molecule has 0 saturated carbocycles. The number of nitrogens with one attached hydrogen (secondary N) is 1. The van der Waals surface area contributed by atoms with Gasteiger partial charge in [0.2, 0.25) is 5.91 Å². The molecular weight excluding hydrogens is 464 g/mol. The fourth-order valence-electron chi connectivity index (χ4n) is 3.06. The minimum Gasteiger partial charge on any atom is -0.495 e. The number of nitrogens with zero attached hydrogens (tertiary/aromatic N) is 1. The monoisotopic (exact) mass is 488 g/mol. The Bertz CT molecular complexity index is 1190. The standard InChI is InChI=1S/C24H25ClN2O5S/c1-18-8-11-20(12-9-18)32-15-14-26-24(28)17-27(22-16-19(25)10-13-23(22)31-2)33(29,30)21-6-4-3-5-7-21/h3-13,16H,14-15,17H2,1-2H3,(H,26,28). The Kier molecular flexibility index (Phi) is 8.19. The van der Waals surface area contributed by atoms with E-state index in [1.807, 2.05) is 31.2 Å². The second-order valence-corrected chi connectivity index (χ2v) is 9.45. The largest absolute Gasteiger partial charge is 0.495 e. The van der Waals surface area contributed by atoms with Crippen molar-refractivity contribution >= 4 is 33.2 Å². The smallest absolute Gasteiger partial charge is 0.264 e. The van der Waals surface area contributed by atoms with Crippen LogP contribution in [0.5, 0.6) is 11.5 Å². The number of carbonyl (C=O) groups excluding carboxylic acids is 1. The van der Waals surface area contributed by atoms with Crippen LogP contribution in [0.3, 0.4) is 0 Å². The lowest BCUT2D eigenvalue weighted by Gasteiger charge is -2.25. The first-order valence-corrected chi connectivity index (χ1v) is 12.0. The summed E-state index contributed by atoms with van der Waals surface area (Å²) >= 11 is 6.13. The summed E-state index contributed by atoms with van der Waals surface area (Å²) in [6.45, 7) is 1.96.